The Kier molecular flexibility index (Phi) is 4.06. The van der Waals surface area contributed by atoms with Gasteiger partial charge in [0.2, 0.25) is 0 Å². The van der Waals surface area contributed by atoms with Crippen LogP contribution in [-0.2, 0) is 11.8 Å². The maximum Gasteiger partial charge on any atom is 0.335 e. The van der Waals surface area contributed by atoms with Crippen LogP contribution in [0.2, 0.25) is 0 Å². The van der Waals surface area contributed by atoms with Gasteiger partial charge in [-0.25, -0.2) is 4.79 Å². The van der Waals surface area contributed by atoms with Crippen LogP contribution in [-0.4, -0.2) is 25.9 Å². The first-order chi connectivity index (χ1) is 11.0. The number of carbonyl (C=O) groups is 2. The maximum atomic E-state index is 12.6. The maximum absolute atomic E-state index is 12.6. The zero-order valence-electron chi connectivity index (χ0n) is 12.1. The third kappa shape index (κ3) is 2.93. The van der Waals surface area contributed by atoms with Crippen molar-refractivity contribution in [3.8, 4) is 0 Å². The molecule has 1 N–H and O–H groups in total. The molecular formula is C16H12N2O3S2. The van der Waals surface area contributed by atoms with Gasteiger partial charge in [0.1, 0.15) is 0 Å². The molecule has 5 nitrogen and oxygen atoms in total. The summed E-state index contributed by atoms with van der Waals surface area (Å²) in [6.45, 7) is 0. The van der Waals surface area contributed by atoms with Gasteiger partial charge in [0.05, 0.1) is 16.2 Å². The summed E-state index contributed by atoms with van der Waals surface area (Å²) in [6.07, 6.45) is 3.67. The van der Waals surface area contributed by atoms with E-state index in [1.165, 1.54) is 28.8 Å². The molecule has 0 atom stereocenters. The van der Waals surface area contributed by atoms with Crippen LogP contribution in [0.15, 0.2) is 47.5 Å². The zero-order chi connectivity index (χ0) is 16.6. The Morgan fingerprint density at radius 3 is 2.74 bits per heavy atom. The molecule has 2 heterocycles. The number of hydrogen-bond donors (Lipinski definition) is 1. The lowest BCUT2D eigenvalue weighted by Crippen LogP contribution is -2.27. The number of aryl methyl sites for hydroxylation is 1. The lowest BCUT2D eigenvalue weighted by Gasteiger charge is -2.14. The van der Waals surface area contributed by atoms with Gasteiger partial charge in [-0.15, -0.1) is 0 Å². The minimum Gasteiger partial charge on any atom is -0.478 e. The SMILES string of the molecule is Cn1cccc1/C=C1\SC(=S)N(c2cccc(C(=O)O)c2)C1=O. The largest absolute Gasteiger partial charge is 0.478 e. The molecule has 116 valence electrons. The quantitative estimate of drug-likeness (QED) is 0.685. The predicted octanol–water partition coefficient (Wildman–Crippen LogP) is 3.13. The van der Waals surface area contributed by atoms with Crippen molar-refractivity contribution in [1.29, 1.82) is 0 Å². The lowest BCUT2D eigenvalue weighted by atomic mass is 10.2. The average Bonchev–Trinajstić information content (AvgIpc) is 3.03. The van der Waals surface area contributed by atoms with Crippen LogP contribution in [0.5, 0.6) is 0 Å². The van der Waals surface area contributed by atoms with Crippen molar-refractivity contribution in [2.24, 2.45) is 7.05 Å². The number of thiocarbonyl (C=S) groups is 1. The van der Waals surface area contributed by atoms with Crippen LogP contribution in [0.1, 0.15) is 16.1 Å². The van der Waals surface area contributed by atoms with E-state index in [1.807, 2.05) is 29.9 Å². The van der Waals surface area contributed by atoms with Gasteiger partial charge in [0.25, 0.3) is 5.91 Å². The van der Waals surface area contributed by atoms with Crippen LogP contribution >= 0.6 is 24.0 Å². The van der Waals surface area contributed by atoms with Crippen LogP contribution in [0.3, 0.4) is 0 Å². The van der Waals surface area contributed by atoms with Crippen molar-refractivity contribution >= 4 is 51.9 Å². The van der Waals surface area contributed by atoms with Gasteiger partial charge in [0.15, 0.2) is 4.32 Å². The van der Waals surface area contributed by atoms with Crippen molar-refractivity contribution in [2.45, 2.75) is 0 Å². The topological polar surface area (TPSA) is 62.5 Å². The van der Waals surface area contributed by atoms with E-state index in [0.29, 0.717) is 14.9 Å². The number of rotatable bonds is 3. The molecule has 0 bridgehead atoms. The van der Waals surface area contributed by atoms with Gasteiger partial charge in [0, 0.05) is 18.9 Å². The molecule has 1 amide bonds. The van der Waals surface area contributed by atoms with Crippen LogP contribution in [0.25, 0.3) is 6.08 Å². The number of anilines is 1. The molecule has 0 unspecified atom stereocenters. The highest BCUT2D eigenvalue weighted by Gasteiger charge is 2.33. The Morgan fingerprint density at radius 1 is 1.30 bits per heavy atom. The molecule has 0 aliphatic carbocycles. The van der Waals surface area contributed by atoms with Gasteiger partial charge in [-0.3, -0.25) is 9.69 Å². The van der Waals surface area contributed by atoms with Crippen LogP contribution in [0, 0.1) is 0 Å². The minimum atomic E-state index is -1.04. The molecule has 1 saturated heterocycles. The number of carboxylic acids is 1. The minimum absolute atomic E-state index is 0.114. The number of hydrogen-bond acceptors (Lipinski definition) is 4. The van der Waals surface area contributed by atoms with Crippen LogP contribution < -0.4 is 4.90 Å². The molecule has 1 aromatic carbocycles. The van der Waals surface area contributed by atoms with Gasteiger partial charge in [-0.2, -0.15) is 0 Å². The predicted molar refractivity (Wildman–Crippen MR) is 94.5 cm³/mol. The Bertz CT molecular complexity index is 855. The Balaban J connectivity index is 1.96. The van der Waals surface area contributed by atoms with Crippen molar-refractivity contribution in [3.05, 3.63) is 58.8 Å². The number of aromatic nitrogens is 1. The number of carbonyl (C=O) groups excluding carboxylic acids is 1. The van der Waals surface area contributed by atoms with Gasteiger partial charge < -0.3 is 9.67 Å². The van der Waals surface area contributed by atoms with E-state index in [0.717, 1.165) is 5.69 Å². The standard InChI is InChI=1S/C16H12N2O3S2/c1-17-7-3-6-11(17)9-13-14(19)18(16(22)23-13)12-5-2-4-10(8-12)15(20)21/h2-9H,1H3,(H,20,21)/b13-9-. The number of aromatic carboxylic acids is 1. The third-order valence-corrected chi connectivity index (χ3v) is 4.71. The van der Waals surface area contributed by atoms with Crippen molar-refractivity contribution in [3.63, 3.8) is 0 Å². The Morgan fingerprint density at radius 2 is 2.09 bits per heavy atom. The fourth-order valence-electron chi connectivity index (χ4n) is 2.23. The first kappa shape index (κ1) is 15.5. The summed E-state index contributed by atoms with van der Waals surface area (Å²) in [5, 5.41) is 9.08. The van der Waals surface area contributed by atoms with E-state index in [9.17, 15) is 9.59 Å². The van der Waals surface area contributed by atoms with E-state index >= 15 is 0 Å². The smallest absolute Gasteiger partial charge is 0.335 e. The van der Waals surface area contributed by atoms with Crippen molar-refractivity contribution in [2.75, 3.05) is 4.90 Å². The number of thioether (sulfide) groups is 1. The fourth-order valence-corrected chi connectivity index (χ4v) is 3.51. The van der Waals surface area contributed by atoms with E-state index < -0.39 is 5.97 Å². The molecule has 1 fully saturated rings. The first-order valence-corrected chi connectivity index (χ1v) is 7.92. The normalized spacial score (nSPS) is 16.4. The molecule has 1 aliphatic rings. The molecule has 0 radical (unpaired) electrons. The van der Waals surface area contributed by atoms with Crippen molar-refractivity contribution < 1.29 is 14.7 Å². The number of nitrogens with zero attached hydrogens (tertiary/aromatic N) is 2. The molecule has 0 spiro atoms. The van der Waals surface area contributed by atoms with E-state index in [2.05, 4.69) is 0 Å². The lowest BCUT2D eigenvalue weighted by molar-refractivity contribution is -0.113. The first-order valence-electron chi connectivity index (χ1n) is 6.70. The number of benzene rings is 1. The van der Waals surface area contributed by atoms with E-state index in [-0.39, 0.29) is 11.5 Å². The van der Waals surface area contributed by atoms with Gasteiger partial charge in [-0.1, -0.05) is 30.0 Å². The molecule has 23 heavy (non-hydrogen) atoms. The Labute approximate surface area is 142 Å². The summed E-state index contributed by atoms with van der Waals surface area (Å²) in [5.41, 5.74) is 1.47. The molecule has 0 saturated carbocycles. The summed E-state index contributed by atoms with van der Waals surface area (Å²) in [4.78, 5) is 25.6. The fraction of sp³-hybridized carbons (Fsp3) is 0.0625. The molecule has 1 aliphatic heterocycles. The van der Waals surface area contributed by atoms with E-state index in [1.54, 1.807) is 18.2 Å². The molecule has 3 rings (SSSR count). The summed E-state index contributed by atoms with van der Waals surface area (Å²) in [5.74, 6) is -1.29. The summed E-state index contributed by atoms with van der Waals surface area (Å²) >= 11 is 6.49. The van der Waals surface area contributed by atoms with Gasteiger partial charge >= 0.3 is 5.97 Å². The highest BCUT2D eigenvalue weighted by Crippen LogP contribution is 2.36. The van der Waals surface area contributed by atoms with Crippen molar-refractivity contribution in [1.82, 2.24) is 4.57 Å². The molecule has 2 aromatic rings. The highest BCUT2D eigenvalue weighted by atomic mass is 32.2. The third-order valence-electron chi connectivity index (χ3n) is 3.41. The Hall–Kier alpha value is -2.38. The zero-order valence-corrected chi connectivity index (χ0v) is 13.7. The number of carboxylic acid groups (broad SMARTS) is 1. The second-order valence-electron chi connectivity index (χ2n) is 4.92. The summed E-state index contributed by atoms with van der Waals surface area (Å²) in [7, 11) is 1.89. The highest BCUT2D eigenvalue weighted by molar-refractivity contribution is 8.27. The average molecular weight is 344 g/mol. The number of amides is 1. The molecule has 7 heteroatoms. The van der Waals surface area contributed by atoms with E-state index in [4.69, 9.17) is 17.3 Å². The summed E-state index contributed by atoms with van der Waals surface area (Å²) in [6, 6.07) is 9.98. The second-order valence-corrected chi connectivity index (χ2v) is 6.59. The molecule has 1 aromatic heterocycles. The van der Waals surface area contributed by atoms with Crippen LogP contribution in [0.4, 0.5) is 5.69 Å². The summed E-state index contributed by atoms with van der Waals surface area (Å²) < 4.78 is 2.29. The molecular weight excluding hydrogens is 332 g/mol. The van der Waals surface area contributed by atoms with Gasteiger partial charge in [-0.05, 0) is 36.4 Å². The monoisotopic (exact) mass is 344 g/mol. The second kappa shape index (κ2) is 6.02.